The van der Waals surface area contributed by atoms with Crippen molar-refractivity contribution in [3.8, 4) is 0 Å². The Morgan fingerprint density at radius 1 is 1.00 bits per heavy atom. The zero-order chi connectivity index (χ0) is 19.7. The molecule has 2 aromatic rings. The summed E-state index contributed by atoms with van der Waals surface area (Å²) in [6.07, 6.45) is 0. The van der Waals surface area contributed by atoms with Crippen LogP contribution in [0.25, 0.3) is 0 Å². The minimum Gasteiger partial charge on any atom is -0.368 e. The minimum absolute atomic E-state index is 0.0677. The Balaban J connectivity index is 1.35. The quantitative estimate of drug-likeness (QED) is 0.883. The van der Waals surface area contributed by atoms with Crippen molar-refractivity contribution in [3.63, 3.8) is 0 Å². The second kappa shape index (κ2) is 7.46. The monoisotopic (exact) mass is 386 g/mol. The average Bonchev–Trinajstić information content (AvgIpc) is 2.69. The van der Waals surface area contributed by atoms with E-state index in [2.05, 4.69) is 5.32 Å². The molecule has 0 spiro atoms. The van der Waals surface area contributed by atoms with E-state index < -0.39 is 0 Å². The lowest BCUT2D eigenvalue weighted by molar-refractivity contribution is -0.132. The van der Waals surface area contributed by atoms with E-state index >= 15 is 0 Å². The van der Waals surface area contributed by atoms with Gasteiger partial charge in [-0.3, -0.25) is 4.79 Å². The van der Waals surface area contributed by atoms with Crippen molar-refractivity contribution >= 4 is 23.3 Å². The second-order valence-corrected chi connectivity index (χ2v) is 6.94. The second-order valence-electron chi connectivity index (χ2n) is 6.94. The molecule has 0 atom stereocenters. The number of hydrogen-bond donors (Lipinski definition) is 1. The van der Waals surface area contributed by atoms with Crippen LogP contribution >= 0.6 is 0 Å². The Labute approximate surface area is 161 Å². The number of benzene rings is 2. The molecule has 4 rings (SSSR count). The average molecular weight is 386 g/mol. The summed E-state index contributed by atoms with van der Waals surface area (Å²) in [5.41, 5.74) is 2.00. The predicted octanol–water partition coefficient (Wildman–Crippen LogP) is 2.66. The van der Waals surface area contributed by atoms with E-state index in [4.69, 9.17) is 0 Å². The number of hydrogen-bond acceptors (Lipinski definition) is 3. The first-order chi connectivity index (χ1) is 13.5. The molecule has 0 radical (unpaired) electrons. The number of halogens is 2. The van der Waals surface area contributed by atoms with Gasteiger partial charge in [0.15, 0.2) is 0 Å². The molecule has 1 fully saturated rings. The highest BCUT2D eigenvalue weighted by atomic mass is 19.1. The predicted molar refractivity (Wildman–Crippen MR) is 101 cm³/mol. The molecule has 2 aliphatic rings. The first-order valence-corrected chi connectivity index (χ1v) is 9.12. The fraction of sp³-hybridized carbons (Fsp3) is 0.300. The number of carbonyl (C=O) groups is 2. The van der Waals surface area contributed by atoms with E-state index in [-0.39, 0.29) is 36.7 Å². The lowest BCUT2D eigenvalue weighted by Gasteiger charge is -2.37. The summed E-state index contributed by atoms with van der Waals surface area (Å²) in [5, 5.41) is 2.69. The summed E-state index contributed by atoms with van der Waals surface area (Å²) in [7, 11) is 0. The lowest BCUT2D eigenvalue weighted by atomic mass is 10.1. The molecule has 28 heavy (non-hydrogen) atoms. The van der Waals surface area contributed by atoms with Crippen molar-refractivity contribution in [2.75, 3.05) is 42.9 Å². The maximum atomic E-state index is 13.4. The van der Waals surface area contributed by atoms with Gasteiger partial charge in [0.1, 0.15) is 18.2 Å². The van der Waals surface area contributed by atoms with Gasteiger partial charge in [0, 0.05) is 37.6 Å². The third-order valence-corrected chi connectivity index (χ3v) is 5.09. The highest BCUT2D eigenvalue weighted by molar-refractivity contribution is 5.94. The zero-order valence-corrected chi connectivity index (χ0v) is 15.2. The van der Waals surface area contributed by atoms with Gasteiger partial charge in [-0.05, 0) is 42.0 Å². The molecular formula is C20H20F2N4O2. The van der Waals surface area contributed by atoms with Crippen LogP contribution in [0.3, 0.4) is 0 Å². The van der Waals surface area contributed by atoms with Gasteiger partial charge in [0.05, 0.1) is 6.54 Å². The highest BCUT2D eigenvalue weighted by Crippen LogP contribution is 2.24. The first-order valence-electron chi connectivity index (χ1n) is 9.12. The van der Waals surface area contributed by atoms with Gasteiger partial charge in [-0.15, -0.1) is 0 Å². The number of nitrogens with zero attached hydrogens (tertiary/aromatic N) is 3. The number of nitrogens with one attached hydrogen (secondary N) is 1. The topological polar surface area (TPSA) is 55.9 Å². The number of fused-ring (bicyclic) bond motifs is 1. The zero-order valence-electron chi connectivity index (χ0n) is 15.2. The van der Waals surface area contributed by atoms with E-state index in [0.717, 1.165) is 5.69 Å². The van der Waals surface area contributed by atoms with Crippen molar-refractivity contribution in [1.82, 2.24) is 9.80 Å². The Morgan fingerprint density at radius 2 is 1.75 bits per heavy atom. The fourth-order valence-electron chi connectivity index (χ4n) is 3.56. The van der Waals surface area contributed by atoms with Gasteiger partial charge in [0.2, 0.25) is 5.91 Å². The molecule has 1 N–H and O–H groups in total. The van der Waals surface area contributed by atoms with Gasteiger partial charge in [-0.2, -0.15) is 0 Å². The van der Waals surface area contributed by atoms with Crippen molar-refractivity contribution in [3.05, 3.63) is 59.7 Å². The minimum atomic E-state index is -0.380. The molecule has 0 aromatic heterocycles. The summed E-state index contributed by atoms with van der Waals surface area (Å²) in [4.78, 5) is 30.0. The van der Waals surface area contributed by atoms with Crippen LogP contribution in [-0.2, 0) is 11.3 Å². The van der Waals surface area contributed by atoms with Gasteiger partial charge in [-0.25, -0.2) is 13.6 Å². The molecule has 2 aromatic carbocycles. The first kappa shape index (κ1) is 18.2. The van der Waals surface area contributed by atoms with Gasteiger partial charge < -0.3 is 20.0 Å². The third-order valence-electron chi connectivity index (χ3n) is 5.09. The van der Waals surface area contributed by atoms with Gasteiger partial charge in [-0.1, -0.05) is 6.07 Å². The molecule has 3 amide bonds. The summed E-state index contributed by atoms with van der Waals surface area (Å²) in [5.74, 6) is -0.827. The van der Waals surface area contributed by atoms with Gasteiger partial charge in [0.25, 0.3) is 0 Å². The molecule has 0 aliphatic carbocycles. The van der Waals surface area contributed by atoms with Crippen LogP contribution in [-0.4, -0.2) is 54.5 Å². The lowest BCUT2D eigenvalue weighted by Crippen LogP contribution is -2.52. The molecule has 0 unspecified atom stereocenters. The van der Waals surface area contributed by atoms with E-state index in [0.29, 0.717) is 37.4 Å². The van der Waals surface area contributed by atoms with Crippen LogP contribution in [0.5, 0.6) is 0 Å². The van der Waals surface area contributed by atoms with Crippen LogP contribution in [0.4, 0.5) is 25.0 Å². The number of carbonyl (C=O) groups excluding carboxylic acids is 2. The van der Waals surface area contributed by atoms with E-state index in [1.54, 1.807) is 11.0 Å². The van der Waals surface area contributed by atoms with Crippen LogP contribution in [0, 0.1) is 11.6 Å². The number of rotatable bonds is 3. The number of amides is 3. The van der Waals surface area contributed by atoms with Crippen LogP contribution in [0.15, 0.2) is 42.5 Å². The summed E-state index contributed by atoms with van der Waals surface area (Å²) >= 11 is 0. The molecule has 2 aliphatic heterocycles. The molecule has 2 heterocycles. The van der Waals surface area contributed by atoms with Crippen LogP contribution in [0.2, 0.25) is 0 Å². The third kappa shape index (κ3) is 3.76. The van der Waals surface area contributed by atoms with Crippen molar-refractivity contribution in [2.24, 2.45) is 0 Å². The maximum Gasteiger partial charge on any atom is 0.322 e. The van der Waals surface area contributed by atoms with Crippen molar-refractivity contribution in [1.29, 1.82) is 0 Å². The molecule has 8 heteroatoms. The molecule has 6 nitrogen and oxygen atoms in total. The Kier molecular flexibility index (Phi) is 4.85. The normalized spacial score (nSPS) is 16.6. The molecule has 1 saturated heterocycles. The highest BCUT2D eigenvalue weighted by Gasteiger charge is 2.28. The number of urea groups is 1. The molecule has 0 saturated carbocycles. The van der Waals surface area contributed by atoms with E-state index in [1.165, 1.54) is 35.2 Å². The smallest absolute Gasteiger partial charge is 0.322 e. The fourth-order valence-corrected chi connectivity index (χ4v) is 3.56. The number of anilines is 2. The Morgan fingerprint density at radius 3 is 2.50 bits per heavy atom. The number of piperazine rings is 1. The molecule has 0 bridgehead atoms. The SMILES string of the molecule is O=C(CN1Cc2cc(F)ccc2NC1=O)N1CCN(c2cccc(F)c2)CC1. The van der Waals surface area contributed by atoms with E-state index in [9.17, 15) is 18.4 Å². The van der Waals surface area contributed by atoms with Gasteiger partial charge >= 0.3 is 6.03 Å². The summed E-state index contributed by atoms with van der Waals surface area (Å²) < 4.78 is 26.8. The van der Waals surface area contributed by atoms with E-state index in [1.807, 2.05) is 11.0 Å². The maximum absolute atomic E-state index is 13.4. The van der Waals surface area contributed by atoms with Crippen molar-refractivity contribution in [2.45, 2.75) is 6.54 Å². The molecular weight excluding hydrogens is 366 g/mol. The van der Waals surface area contributed by atoms with Crippen LogP contribution < -0.4 is 10.2 Å². The summed E-state index contributed by atoms with van der Waals surface area (Å²) in [6, 6.07) is 10.2. The standard InChI is InChI=1S/C20H20F2N4O2/c21-15-2-1-3-17(11-15)24-6-8-25(9-7-24)19(27)13-26-12-14-10-16(22)4-5-18(14)23-20(26)28/h1-5,10-11H,6-9,12-13H2,(H,23,28). The molecule has 146 valence electrons. The van der Waals surface area contributed by atoms with Crippen LogP contribution in [0.1, 0.15) is 5.56 Å². The Bertz CT molecular complexity index is 913. The largest absolute Gasteiger partial charge is 0.368 e. The Hall–Kier alpha value is -3.16. The summed E-state index contributed by atoms with van der Waals surface area (Å²) in [6.45, 7) is 2.30. The van der Waals surface area contributed by atoms with Crippen molar-refractivity contribution < 1.29 is 18.4 Å².